The van der Waals surface area contributed by atoms with Crippen molar-refractivity contribution in [3.8, 4) is 11.3 Å². The van der Waals surface area contributed by atoms with E-state index in [1.165, 1.54) is 6.33 Å². The van der Waals surface area contributed by atoms with Gasteiger partial charge >= 0.3 is 0 Å². The number of hydrogen-bond donors (Lipinski definition) is 1. The maximum absolute atomic E-state index is 12.1. The number of nitrogens with zero attached hydrogens (tertiary/aromatic N) is 2. The third-order valence-electron chi connectivity index (χ3n) is 3.37. The predicted octanol–water partition coefficient (Wildman–Crippen LogP) is 3.11. The van der Waals surface area contributed by atoms with Crippen molar-refractivity contribution in [2.45, 2.75) is 19.8 Å². The van der Waals surface area contributed by atoms with Crippen LogP contribution >= 0.6 is 0 Å². The maximum atomic E-state index is 12.1. The molecule has 0 aliphatic heterocycles. The van der Waals surface area contributed by atoms with E-state index in [9.17, 15) is 4.79 Å². The molecule has 0 fully saturated rings. The van der Waals surface area contributed by atoms with Crippen LogP contribution in [0.3, 0.4) is 0 Å². The standard InChI is InChI=1S/C16H15N3O/c1-10(2)14-15(18-9-19-16(14)20)12-5-3-7-13-11(12)6-4-8-17-13/h3-10H,1-2H3,(H,18,19,20). The molecule has 1 N–H and O–H groups in total. The van der Waals surface area contributed by atoms with Crippen LogP contribution in [-0.2, 0) is 0 Å². The Balaban J connectivity index is 2.38. The first-order valence-electron chi connectivity index (χ1n) is 6.60. The van der Waals surface area contributed by atoms with Crippen molar-refractivity contribution in [1.82, 2.24) is 15.0 Å². The Morgan fingerprint density at radius 1 is 1.10 bits per heavy atom. The summed E-state index contributed by atoms with van der Waals surface area (Å²) in [4.78, 5) is 23.5. The molecular formula is C16H15N3O. The molecule has 0 atom stereocenters. The summed E-state index contributed by atoms with van der Waals surface area (Å²) in [6, 6.07) is 9.79. The van der Waals surface area contributed by atoms with Crippen LogP contribution < -0.4 is 5.56 Å². The summed E-state index contributed by atoms with van der Waals surface area (Å²) in [7, 11) is 0. The zero-order valence-electron chi connectivity index (χ0n) is 11.4. The molecule has 0 saturated carbocycles. The lowest BCUT2D eigenvalue weighted by Gasteiger charge is -2.12. The molecule has 3 aromatic rings. The molecular weight excluding hydrogens is 250 g/mol. The van der Waals surface area contributed by atoms with Gasteiger partial charge in [0.15, 0.2) is 0 Å². The molecule has 3 rings (SSSR count). The topological polar surface area (TPSA) is 58.6 Å². The molecule has 100 valence electrons. The first kappa shape index (κ1) is 12.5. The minimum absolute atomic E-state index is 0.0779. The molecule has 0 saturated heterocycles. The second-order valence-corrected chi connectivity index (χ2v) is 5.02. The second kappa shape index (κ2) is 4.89. The van der Waals surface area contributed by atoms with Gasteiger partial charge in [0.1, 0.15) is 0 Å². The van der Waals surface area contributed by atoms with Gasteiger partial charge in [-0.2, -0.15) is 0 Å². The van der Waals surface area contributed by atoms with Gasteiger partial charge in [0, 0.05) is 22.7 Å². The molecule has 4 nitrogen and oxygen atoms in total. The number of H-pyrrole nitrogens is 1. The van der Waals surface area contributed by atoms with Gasteiger partial charge in [0.05, 0.1) is 17.5 Å². The summed E-state index contributed by atoms with van der Waals surface area (Å²) in [5.74, 6) is 0.106. The first-order chi connectivity index (χ1) is 9.68. The van der Waals surface area contributed by atoms with Gasteiger partial charge in [-0.05, 0) is 18.1 Å². The van der Waals surface area contributed by atoms with Gasteiger partial charge in [0.2, 0.25) is 0 Å². The van der Waals surface area contributed by atoms with Crippen LogP contribution in [0.5, 0.6) is 0 Å². The number of nitrogens with one attached hydrogen (secondary N) is 1. The predicted molar refractivity (Wildman–Crippen MR) is 79.7 cm³/mol. The SMILES string of the molecule is CC(C)c1c(-c2cccc3ncccc23)nc[nH]c1=O. The molecule has 0 unspecified atom stereocenters. The van der Waals surface area contributed by atoms with E-state index in [1.54, 1.807) is 6.20 Å². The summed E-state index contributed by atoms with van der Waals surface area (Å²) in [5.41, 5.74) is 3.23. The molecule has 1 aromatic carbocycles. The molecule has 2 heterocycles. The third-order valence-corrected chi connectivity index (χ3v) is 3.37. The van der Waals surface area contributed by atoms with Crippen LogP contribution in [0, 0.1) is 0 Å². The molecule has 0 bridgehead atoms. The first-order valence-corrected chi connectivity index (χ1v) is 6.60. The molecule has 0 aliphatic rings. The van der Waals surface area contributed by atoms with Gasteiger partial charge in [-0.3, -0.25) is 9.78 Å². The number of rotatable bonds is 2. The number of benzene rings is 1. The maximum Gasteiger partial charge on any atom is 0.254 e. The Morgan fingerprint density at radius 2 is 1.95 bits per heavy atom. The highest BCUT2D eigenvalue weighted by Crippen LogP contribution is 2.29. The van der Waals surface area contributed by atoms with Crippen LogP contribution in [0.4, 0.5) is 0 Å². The fourth-order valence-electron chi connectivity index (χ4n) is 2.47. The second-order valence-electron chi connectivity index (χ2n) is 5.02. The smallest absolute Gasteiger partial charge is 0.254 e. The van der Waals surface area contributed by atoms with E-state index >= 15 is 0 Å². The van der Waals surface area contributed by atoms with Gasteiger partial charge in [-0.25, -0.2) is 4.98 Å². The lowest BCUT2D eigenvalue weighted by Crippen LogP contribution is -2.16. The van der Waals surface area contributed by atoms with Gasteiger partial charge < -0.3 is 4.98 Å². The van der Waals surface area contributed by atoms with E-state index in [0.29, 0.717) is 5.56 Å². The Hall–Kier alpha value is -2.49. The highest BCUT2D eigenvalue weighted by molar-refractivity contribution is 5.94. The molecule has 20 heavy (non-hydrogen) atoms. The summed E-state index contributed by atoms with van der Waals surface area (Å²) in [6.45, 7) is 4.00. The van der Waals surface area contributed by atoms with E-state index in [2.05, 4.69) is 15.0 Å². The van der Waals surface area contributed by atoms with E-state index < -0.39 is 0 Å². The summed E-state index contributed by atoms with van der Waals surface area (Å²) in [6.07, 6.45) is 3.22. The highest BCUT2D eigenvalue weighted by Gasteiger charge is 2.15. The van der Waals surface area contributed by atoms with Crippen molar-refractivity contribution in [3.05, 3.63) is 58.8 Å². The average molecular weight is 265 g/mol. The molecule has 0 amide bonds. The zero-order chi connectivity index (χ0) is 14.1. The van der Waals surface area contributed by atoms with Crippen LogP contribution in [0.15, 0.2) is 47.7 Å². The van der Waals surface area contributed by atoms with Gasteiger partial charge in [0.25, 0.3) is 5.56 Å². The van der Waals surface area contributed by atoms with Crippen LogP contribution in [0.2, 0.25) is 0 Å². The minimum Gasteiger partial charge on any atom is -0.313 e. The Bertz CT molecular complexity index is 816. The monoisotopic (exact) mass is 265 g/mol. The lowest BCUT2D eigenvalue weighted by atomic mass is 9.96. The normalized spacial score (nSPS) is 11.2. The lowest BCUT2D eigenvalue weighted by molar-refractivity contribution is 0.834. The minimum atomic E-state index is -0.0779. The van der Waals surface area contributed by atoms with E-state index in [0.717, 1.165) is 22.2 Å². The number of pyridine rings is 1. The van der Waals surface area contributed by atoms with Crippen molar-refractivity contribution in [1.29, 1.82) is 0 Å². The van der Waals surface area contributed by atoms with E-state index in [1.807, 2.05) is 44.2 Å². The fraction of sp³-hybridized carbons (Fsp3) is 0.188. The molecule has 0 aliphatic carbocycles. The van der Waals surface area contributed by atoms with E-state index in [4.69, 9.17) is 0 Å². The quantitative estimate of drug-likeness (QED) is 0.774. The van der Waals surface area contributed by atoms with Crippen LogP contribution in [0.1, 0.15) is 25.3 Å². The van der Waals surface area contributed by atoms with Crippen molar-refractivity contribution < 1.29 is 0 Å². The van der Waals surface area contributed by atoms with E-state index in [-0.39, 0.29) is 11.5 Å². The van der Waals surface area contributed by atoms with Gasteiger partial charge in [-0.1, -0.05) is 32.0 Å². The third kappa shape index (κ3) is 1.99. The molecule has 4 heteroatoms. The van der Waals surface area contributed by atoms with Crippen LogP contribution in [-0.4, -0.2) is 15.0 Å². The highest BCUT2D eigenvalue weighted by atomic mass is 16.1. The number of hydrogen-bond acceptors (Lipinski definition) is 3. The number of aromatic nitrogens is 3. The average Bonchev–Trinajstić information content (AvgIpc) is 2.46. The van der Waals surface area contributed by atoms with Crippen molar-refractivity contribution in [2.75, 3.05) is 0 Å². The van der Waals surface area contributed by atoms with Crippen molar-refractivity contribution in [3.63, 3.8) is 0 Å². The Kier molecular flexibility index (Phi) is 3.06. The van der Waals surface area contributed by atoms with Crippen molar-refractivity contribution in [2.24, 2.45) is 0 Å². The molecule has 0 radical (unpaired) electrons. The zero-order valence-corrected chi connectivity index (χ0v) is 11.4. The Morgan fingerprint density at radius 3 is 2.75 bits per heavy atom. The summed E-state index contributed by atoms with van der Waals surface area (Å²) in [5, 5.41) is 1.01. The van der Waals surface area contributed by atoms with Crippen LogP contribution in [0.25, 0.3) is 22.2 Å². The molecule has 2 aromatic heterocycles. The Labute approximate surface area is 116 Å². The van der Waals surface area contributed by atoms with Crippen molar-refractivity contribution >= 4 is 10.9 Å². The number of aromatic amines is 1. The number of fused-ring (bicyclic) bond motifs is 1. The molecule has 0 spiro atoms. The summed E-state index contributed by atoms with van der Waals surface area (Å²) < 4.78 is 0. The van der Waals surface area contributed by atoms with Gasteiger partial charge in [-0.15, -0.1) is 0 Å². The summed E-state index contributed by atoms with van der Waals surface area (Å²) >= 11 is 0. The largest absolute Gasteiger partial charge is 0.313 e. The fourth-order valence-corrected chi connectivity index (χ4v) is 2.47.